The number of rotatable bonds is 5. The van der Waals surface area contributed by atoms with Crippen molar-refractivity contribution in [3.8, 4) is 22.6 Å². The molecule has 0 fully saturated rings. The highest BCUT2D eigenvalue weighted by Gasteiger charge is 2.15. The Balaban J connectivity index is 1.68. The molecule has 3 aromatic carbocycles. The number of aromatic nitrogens is 2. The second-order valence-corrected chi connectivity index (χ2v) is 7.82. The van der Waals surface area contributed by atoms with E-state index in [9.17, 15) is 19.8 Å². The average Bonchev–Trinajstić information content (AvgIpc) is 3.07. The normalized spacial score (nSPS) is 11.2. The Morgan fingerprint density at radius 1 is 1.03 bits per heavy atom. The van der Waals surface area contributed by atoms with E-state index in [0.29, 0.717) is 33.2 Å². The third kappa shape index (κ3) is 4.28. The molecule has 166 valence electrons. The summed E-state index contributed by atoms with van der Waals surface area (Å²) in [5.41, 5.74) is 2.92. The van der Waals surface area contributed by atoms with E-state index in [4.69, 9.17) is 11.6 Å². The SMILES string of the molecule is Cc1ccc(-n2[nH]c(C)c(N=Nc3cccc(-c4cccc(C(=O)O)c4O)c3)c2=O)cc1Cl. The zero-order valence-electron chi connectivity index (χ0n) is 17.7. The van der Waals surface area contributed by atoms with Crippen molar-refractivity contribution in [2.45, 2.75) is 13.8 Å². The van der Waals surface area contributed by atoms with E-state index in [1.807, 2.05) is 13.0 Å². The molecule has 0 spiro atoms. The van der Waals surface area contributed by atoms with Crippen LogP contribution in [0.15, 0.2) is 75.7 Å². The van der Waals surface area contributed by atoms with E-state index in [2.05, 4.69) is 15.3 Å². The van der Waals surface area contributed by atoms with Crippen LogP contribution in [0.4, 0.5) is 11.4 Å². The zero-order valence-corrected chi connectivity index (χ0v) is 18.5. The third-order valence-electron chi connectivity index (χ3n) is 5.14. The lowest BCUT2D eigenvalue weighted by atomic mass is 10.0. The first kappa shape index (κ1) is 22.0. The number of nitrogens with zero attached hydrogens (tertiary/aromatic N) is 3. The van der Waals surface area contributed by atoms with Crippen LogP contribution in [0.2, 0.25) is 5.02 Å². The number of azo groups is 1. The second kappa shape index (κ2) is 8.76. The first-order valence-corrected chi connectivity index (χ1v) is 10.3. The highest BCUT2D eigenvalue weighted by molar-refractivity contribution is 6.31. The molecule has 1 aromatic heterocycles. The number of hydrogen-bond donors (Lipinski definition) is 3. The monoisotopic (exact) mass is 462 g/mol. The second-order valence-electron chi connectivity index (χ2n) is 7.42. The van der Waals surface area contributed by atoms with E-state index < -0.39 is 5.97 Å². The smallest absolute Gasteiger partial charge is 0.339 e. The van der Waals surface area contributed by atoms with Crippen molar-refractivity contribution in [2.24, 2.45) is 10.2 Å². The average molecular weight is 463 g/mol. The van der Waals surface area contributed by atoms with Crippen molar-refractivity contribution in [3.63, 3.8) is 0 Å². The van der Waals surface area contributed by atoms with Gasteiger partial charge in [0.1, 0.15) is 11.3 Å². The molecule has 9 heteroatoms. The number of aryl methyl sites for hydroxylation is 2. The summed E-state index contributed by atoms with van der Waals surface area (Å²) in [6, 6.07) is 16.5. The Bertz CT molecular complexity index is 1470. The topological polar surface area (TPSA) is 120 Å². The van der Waals surface area contributed by atoms with Crippen molar-refractivity contribution < 1.29 is 15.0 Å². The number of carboxylic acid groups (broad SMARTS) is 1. The number of H-pyrrole nitrogens is 1. The summed E-state index contributed by atoms with van der Waals surface area (Å²) in [5.74, 6) is -1.56. The lowest BCUT2D eigenvalue weighted by Crippen LogP contribution is -2.14. The fourth-order valence-corrected chi connectivity index (χ4v) is 3.53. The Labute approximate surface area is 193 Å². The summed E-state index contributed by atoms with van der Waals surface area (Å²) in [6.45, 7) is 3.59. The highest BCUT2D eigenvalue weighted by Crippen LogP contribution is 2.34. The standard InChI is InChI=1S/C24H19ClN4O4/c1-13-9-10-17(12-20(13)25)29-23(31)21(14(2)28-29)27-26-16-6-3-5-15(11-16)18-7-4-8-19(22(18)30)24(32)33/h3-12,28,30H,1-2H3,(H,32,33). The minimum Gasteiger partial charge on any atom is -0.506 e. The van der Waals surface area contributed by atoms with Gasteiger partial charge in [0.2, 0.25) is 0 Å². The predicted octanol–water partition coefficient (Wildman–Crippen LogP) is 5.92. The molecule has 0 aliphatic heterocycles. The summed E-state index contributed by atoms with van der Waals surface area (Å²) in [7, 11) is 0. The maximum atomic E-state index is 12.9. The molecule has 0 aliphatic rings. The summed E-state index contributed by atoms with van der Waals surface area (Å²) in [5, 5.41) is 31.4. The van der Waals surface area contributed by atoms with E-state index in [1.54, 1.807) is 55.5 Å². The summed E-state index contributed by atoms with van der Waals surface area (Å²) in [4.78, 5) is 24.2. The predicted molar refractivity (Wildman–Crippen MR) is 126 cm³/mol. The van der Waals surface area contributed by atoms with Crippen molar-refractivity contribution >= 4 is 28.9 Å². The Hall–Kier alpha value is -4.17. The first-order chi connectivity index (χ1) is 15.8. The van der Waals surface area contributed by atoms with Crippen LogP contribution in [0.25, 0.3) is 16.8 Å². The molecule has 33 heavy (non-hydrogen) atoms. The van der Waals surface area contributed by atoms with Crippen LogP contribution >= 0.6 is 11.6 Å². The number of para-hydroxylation sites is 1. The van der Waals surface area contributed by atoms with Crippen LogP contribution in [0, 0.1) is 13.8 Å². The number of hydrogen-bond acceptors (Lipinski definition) is 5. The Morgan fingerprint density at radius 3 is 2.52 bits per heavy atom. The quantitative estimate of drug-likeness (QED) is 0.318. The number of aromatic amines is 1. The van der Waals surface area contributed by atoms with Crippen LogP contribution in [-0.4, -0.2) is 26.0 Å². The first-order valence-electron chi connectivity index (χ1n) is 9.92. The number of benzene rings is 3. The largest absolute Gasteiger partial charge is 0.506 e. The fourth-order valence-electron chi connectivity index (χ4n) is 3.35. The molecule has 0 saturated carbocycles. The maximum Gasteiger partial charge on any atom is 0.339 e. The summed E-state index contributed by atoms with van der Waals surface area (Å²) < 4.78 is 1.35. The van der Waals surface area contributed by atoms with Crippen LogP contribution < -0.4 is 5.56 Å². The van der Waals surface area contributed by atoms with Crippen LogP contribution in [-0.2, 0) is 0 Å². The van der Waals surface area contributed by atoms with Crippen molar-refractivity contribution in [2.75, 3.05) is 0 Å². The van der Waals surface area contributed by atoms with Gasteiger partial charge in [-0.2, -0.15) is 5.11 Å². The number of aromatic hydroxyl groups is 1. The van der Waals surface area contributed by atoms with Gasteiger partial charge >= 0.3 is 5.97 Å². The molecule has 4 rings (SSSR count). The minimum atomic E-state index is -1.22. The zero-order chi connectivity index (χ0) is 23.7. The number of phenols is 1. The Kier molecular flexibility index (Phi) is 5.85. The van der Waals surface area contributed by atoms with Gasteiger partial charge in [0.05, 0.1) is 17.1 Å². The van der Waals surface area contributed by atoms with Crippen LogP contribution in [0.3, 0.4) is 0 Å². The molecule has 0 radical (unpaired) electrons. The van der Waals surface area contributed by atoms with Gasteiger partial charge in [-0.25, -0.2) is 9.48 Å². The van der Waals surface area contributed by atoms with E-state index >= 15 is 0 Å². The summed E-state index contributed by atoms with van der Waals surface area (Å²) in [6.07, 6.45) is 0. The van der Waals surface area contributed by atoms with Gasteiger partial charge in [0.25, 0.3) is 5.56 Å². The van der Waals surface area contributed by atoms with Gasteiger partial charge in [0.15, 0.2) is 5.69 Å². The van der Waals surface area contributed by atoms with Crippen molar-refractivity contribution in [3.05, 3.63) is 92.9 Å². The number of halogens is 1. The van der Waals surface area contributed by atoms with Gasteiger partial charge in [-0.05, 0) is 55.3 Å². The molecule has 8 nitrogen and oxygen atoms in total. The molecule has 4 aromatic rings. The van der Waals surface area contributed by atoms with Crippen molar-refractivity contribution in [1.82, 2.24) is 9.78 Å². The van der Waals surface area contributed by atoms with Gasteiger partial charge in [-0.3, -0.25) is 9.89 Å². The number of carboxylic acids is 1. The maximum absolute atomic E-state index is 12.9. The lowest BCUT2D eigenvalue weighted by Gasteiger charge is -2.07. The molecular weight excluding hydrogens is 444 g/mol. The van der Waals surface area contributed by atoms with E-state index in [1.165, 1.54) is 10.7 Å². The molecule has 0 aliphatic carbocycles. The van der Waals surface area contributed by atoms with Crippen LogP contribution in [0.5, 0.6) is 5.75 Å². The lowest BCUT2D eigenvalue weighted by molar-refractivity contribution is 0.0694. The molecule has 1 heterocycles. The number of nitrogens with one attached hydrogen (secondary N) is 1. The number of aromatic carboxylic acids is 1. The van der Waals surface area contributed by atoms with Gasteiger partial charge in [0, 0.05) is 10.6 Å². The van der Waals surface area contributed by atoms with Crippen LogP contribution in [0.1, 0.15) is 21.6 Å². The molecular formula is C24H19ClN4O4. The fraction of sp³-hybridized carbons (Fsp3) is 0.0833. The van der Waals surface area contributed by atoms with Gasteiger partial charge in [-0.1, -0.05) is 41.9 Å². The molecule has 3 N–H and O–H groups in total. The van der Waals surface area contributed by atoms with E-state index in [0.717, 1.165) is 5.56 Å². The van der Waals surface area contributed by atoms with Crippen molar-refractivity contribution in [1.29, 1.82) is 0 Å². The van der Waals surface area contributed by atoms with E-state index in [-0.39, 0.29) is 22.6 Å². The molecule has 0 unspecified atom stereocenters. The molecule has 0 atom stereocenters. The Morgan fingerprint density at radius 2 is 1.79 bits per heavy atom. The summed E-state index contributed by atoms with van der Waals surface area (Å²) >= 11 is 6.19. The molecule has 0 amide bonds. The third-order valence-corrected chi connectivity index (χ3v) is 5.55. The van der Waals surface area contributed by atoms with Gasteiger partial charge in [-0.15, -0.1) is 5.11 Å². The highest BCUT2D eigenvalue weighted by atomic mass is 35.5. The number of carbonyl (C=O) groups is 1. The van der Waals surface area contributed by atoms with Gasteiger partial charge < -0.3 is 10.2 Å². The molecule has 0 bridgehead atoms. The molecule has 0 saturated heterocycles. The minimum absolute atomic E-state index is 0.146.